The molecule has 0 spiro atoms. The molecule has 2 fully saturated rings. The number of aliphatic carboxylic acids is 1. The molecule has 1 aromatic rings. The van der Waals surface area contributed by atoms with Gasteiger partial charge < -0.3 is 24.8 Å². The van der Waals surface area contributed by atoms with E-state index in [1.807, 2.05) is 36.4 Å². The van der Waals surface area contributed by atoms with E-state index in [9.17, 15) is 15.0 Å². The highest BCUT2D eigenvalue weighted by atomic mass is 16.5. The predicted molar refractivity (Wildman–Crippen MR) is 104 cm³/mol. The zero-order valence-corrected chi connectivity index (χ0v) is 16.0. The number of carboxylic acid groups (broad SMARTS) is 1. The molecule has 0 unspecified atom stereocenters. The van der Waals surface area contributed by atoms with Crippen LogP contribution in [0.2, 0.25) is 0 Å². The summed E-state index contributed by atoms with van der Waals surface area (Å²) in [6, 6.07) is 9.35. The molecule has 0 aromatic heterocycles. The van der Waals surface area contributed by atoms with E-state index in [2.05, 4.69) is 0 Å². The Kier molecular flexibility index (Phi) is 7.48. The van der Waals surface area contributed by atoms with Gasteiger partial charge in [0.15, 0.2) is 0 Å². The van der Waals surface area contributed by atoms with Crippen LogP contribution >= 0.6 is 0 Å². The number of fused-ring (bicyclic) bond motifs is 1. The van der Waals surface area contributed by atoms with Crippen LogP contribution in [0.1, 0.15) is 38.5 Å². The van der Waals surface area contributed by atoms with E-state index in [0.29, 0.717) is 18.6 Å². The third-order valence-corrected chi connectivity index (χ3v) is 5.72. The maximum Gasteiger partial charge on any atom is 0.303 e. The number of ether oxygens (including phenoxy) is 2. The SMILES string of the molecule is O=C(O)CCC[C@H]1CC[C@@H]2[C@@H](/C=C/[C@@H](O)COc3ccccc3)[C@H](O)C[C@@H]2O1. The first-order valence-electron chi connectivity index (χ1n) is 10.1. The van der Waals surface area contributed by atoms with Gasteiger partial charge in [-0.05, 0) is 43.7 Å². The fourth-order valence-electron chi connectivity index (χ4n) is 4.31. The Labute approximate surface area is 165 Å². The Morgan fingerprint density at radius 2 is 2.07 bits per heavy atom. The lowest BCUT2D eigenvalue weighted by Crippen LogP contribution is -2.33. The normalized spacial score (nSPS) is 30.9. The summed E-state index contributed by atoms with van der Waals surface area (Å²) in [6.45, 7) is 0.166. The maximum atomic E-state index is 10.7. The zero-order chi connectivity index (χ0) is 19.9. The van der Waals surface area contributed by atoms with Crippen molar-refractivity contribution in [2.75, 3.05) is 6.61 Å². The lowest BCUT2D eigenvalue weighted by atomic mass is 9.85. The number of para-hydroxylation sites is 1. The van der Waals surface area contributed by atoms with Crippen LogP contribution < -0.4 is 4.74 Å². The highest BCUT2D eigenvalue weighted by molar-refractivity contribution is 5.66. The van der Waals surface area contributed by atoms with Crippen molar-refractivity contribution in [1.82, 2.24) is 0 Å². The molecule has 1 saturated heterocycles. The molecule has 1 aliphatic heterocycles. The molecular weight excluding hydrogens is 360 g/mol. The summed E-state index contributed by atoms with van der Waals surface area (Å²) in [6.07, 6.45) is 6.45. The predicted octanol–water partition coefficient (Wildman–Crippen LogP) is 2.78. The standard InChI is InChI=1S/C22H30O6/c23-15(14-27-16-5-2-1-3-6-16)9-11-18-19-12-10-17(7-4-8-22(25)26)28-21(19)13-20(18)24/h1-3,5-6,9,11,15,17-21,23-24H,4,7-8,10,12-14H2,(H,25,26)/b11-9+/t15-,17+,18-,19-,20-,21+/m1/s1. The number of aliphatic hydroxyl groups is 2. The fraction of sp³-hybridized carbons (Fsp3) is 0.591. The van der Waals surface area contributed by atoms with Gasteiger partial charge >= 0.3 is 5.97 Å². The maximum absolute atomic E-state index is 10.7. The second-order valence-electron chi connectivity index (χ2n) is 7.78. The monoisotopic (exact) mass is 390 g/mol. The van der Waals surface area contributed by atoms with Gasteiger partial charge in [-0.15, -0.1) is 0 Å². The van der Waals surface area contributed by atoms with Crippen LogP contribution in [-0.2, 0) is 9.53 Å². The first-order valence-corrected chi connectivity index (χ1v) is 10.1. The molecule has 28 heavy (non-hydrogen) atoms. The molecule has 0 bridgehead atoms. The van der Waals surface area contributed by atoms with Gasteiger partial charge in [0.1, 0.15) is 18.5 Å². The third kappa shape index (κ3) is 5.80. The largest absolute Gasteiger partial charge is 0.491 e. The van der Waals surface area contributed by atoms with E-state index in [0.717, 1.165) is 19.3 Å². The lowest BCUT2D eigenvalue weighted by Gasteiger charge is -2.34. The number of benzene rings is 1. The zero-order valence-electron chi connectivity index (χ0n) is 16.0. The van der Waals surface area contributed by atoms with E-state index in [1.165, 1.54) is 0 Å². The van der Waals surface area contributed by atoms with Crippen LogP contribution in [0.3, 0.4) is 0 Å². The summed E-state index contributed by atoms with van der Waals surface area (Å²) in [5, 5.41) is 29.4. The molecule has 1 saturated carbocycles. The van der Waals surface area contributed by atoms with Gasteiger partial charge in [0, 0.05) is 18.8 Å². The number of rotatable bonds is 9. The van der Waals surface area contributed by atoms with Crippen LogP contribution in [0.15, 0.2) is 42.5 Å². The Bertz CT molecular complexity index is 646. The van der Waals surface area contributed by atoms with Crippen molar-refractivity contribution in [2.45, 2.75) is 62.9 Å². The number of carbonyl (C=O) groups is 1. The molecule has 154 valence electrons. The third-order valence-electron chi connectivity index (χ3n) is 5.72. The summed E-state index contributed by atoms with van der Waals surface area (Å²) in [5.74, 6) is 0.149. The van der Waals surface area contributed by atoms with Gasteiger partial charge in [-0.1, -0.05) is 30.4 Å². The molecule has 6 heteroatoms. The first-order chi connectivity index (χ1) is 13.5. The van der Waals surface area contributed by atoms with Gasteiger partial charge in [-0.3, -0.25) is 4.79 Å². The van der Waals surface area contributed by atoms with Crippen molar-refractivity contribution >= 4 is 5.97 Å². The summed E-state index contributed by atoms with van der Waals surface area (Å²) >= 11 is 0. The molecule has 1 heterocycles. The molecule has 6 nitrogen and oxygen atoms in total. The van der Waals surface area contributed by atoms with Crippen molar-refractivity contribution in [1.29, 1.82) is 0 Å². The Balaban J connectivity index is 1.46. The molecule has 2 aliphatic rings. The van der Waals surface area contributed by atoms with Crippen molar-refractivity contribution in [2.24, 2.45) is 11.8 Å². The van der Waals surface area contributed by atoms with E-state index < -0.39 is 18.2 Å². The van der Waals surface area contributed by atoms with Crippen molar-refractivity contribution in [3.63, 3.8) is 0 Å². The van der Waals surface area contributed by atoms with Gasteiger partial charge in [-0.2, -0.15) is 0 Å². The second-order valence-corrected chi connectivity index (χ2v) is 7.78. The molecule has 6 atom stereocenters. The average molecular weight is 390 g/mol. The minimum absolute atomic E-state index is 0.00550. The number of hydrogen-bond acceptors (Lipinski definition) is 5. The highest BCUT2D eigenvalue weighted by Gasteiger charge is 2.45. The highest BCUT2D eigenvalue weighted by Crippen LogP contribution is 2.43. The van der Waals surface area contributed by atoms with Crippen molar-refractivity contribution < 1.29 is 29.6 Å². The van der Waals surface area contributed by atoms with E-state index in [-0.39, 0.29) is 37.1 Å². The number of hydrogen-bond donors (Lipinski definition) is 3. The molecular formula is C22H30O6. The minimum atomic E-state index is -0.773. The van der Waals surface area contributed by atoms with E-state index >= 15 is 0 Å². The van der Waals surface area contributed by atoms with Crippen LogP contribution in [0, 0.1) is 11.8 Å². The van der Waals surface area contributed by atoms with Crippen molar-refractivity contribution in [3.8, 4) is 5.75 Å². The summed E-state index contributed by atoms with van der Waals surface area (Å²) in [5.41, 5.74) is 0. The Morgan fingerprint density at radius 3 is 2.82 bits per heavy atom. The van der Waals surface area contributed by atoms with Crippen LogP contribution in [0.4, 0.5) is 0 Å². The molecule has 3 rings (SSSR count). The van der Waals surface area contributed by atoms with Gasteiger partial charge in [-0.25, -0.2) is 0 Å². The van der Waals surface area contributed by atoms with Gasteiger partial charge in [0.2, 0.25) is 0 Å². The van der Waals surface area contributed by atoms with Crippen molar-refractivity contribution in [3.05, 3.63) is 42.5 Å². The summed E-state index contributed by atoms with van der Waals surface area (Å²) in [7, 11) is 0. The van der Waals surface area contributed by atoms with Crippen LogP contribution in [-0.4, -0.2) is 52.3 Å². The first kappa shape index (κ1) is 20.8. The summed E-state index contributed by atoms with van der Waals surface area (Å²) < 4.78 is 11.7. The van der Waals surface area contributed by atoms with Gasteiger partial charge in [0.05, 0.1) is 18.3 Å². The molecule has 1 aliphatic carbocycles. The topological polar surface area (TPSA) is 96.2 Å². The average Bonchev–Trinajstić information content (AvgIpc) is 2.99. The Hall–Kier alpha value is -1.89. The number of carboxylic acids is 1. The molecule has 0 radical (unpaired) electrons. The quantitative estimate of drug-likeness (QED) is 0.561. The van der Waals surface area contributed by atoms with E-state index in [4.69, 9.17) is 14.6 Å². The van der Waals surface area contributed by atoms with Gasteiger partial charge in [0.25, 0.3) is 0 Å². The molecule has 1 aromatic carbocycles. The molecule has 3 N–H and O–H groups in total. The molecule has 0 amide bonds. The number of aliphatic hydroxyl groups excluding tert-OH is 2. The van der Waals surface area contributed by atoms with Crippen LogP contribution in [0.5, 0.6) is 5.75 Å². The van der Waals surface area contributed by atoms with Crippen LogP contribution in [0.25, 0.3) is 0 Å². The Morgan fingerprint density at radius 1 is 1.29 bits per heavy atom. The minimum Gasteiger partial charge on any atom is -0.491 e. The van der Waals surface area contributed by atoms with E-state index in [1.54, 1.807) is 6.08 Å². The second kappa shape index (κ2) is 10.0. The summed E-state index contributed by atoms with van der Waals surface area (Å²) in [4.78, 5) is 10.7. The smallest absolute Gasteiger partial charge is 0.303 e. The lowest BCUT2D eigenvalue weighted by molar-refractivity contribution is -0.137. The fourth-order valence-corrected chi connectivity index (χ4v) is 4.31.